The molecular weight excluding hydrogens is 290 g/mol. The summed E-state index contributed by atoms with van der Waals surface area (Å²) in [6.07, 6.45) is 2.73. The van der Waals surface area contributed by atoms with Crippen molar-refractivity contribution in [2.24, 2.45) is 7.05 Å². The first-order valence-corrected chi connectivity index (χ1v) is 8.06. The zero-order chi connectivity index (χ0) is 16.8. The maximum Gasteiger partial charge on any atom is 0.251 e. The van der Waals surface area contributed by atoms with Gasteiger partial charge in [0.05, 0.1) is 6.04 Å². The van der Waals surface area contributed by atoms with Gasteiger partial charge in [0, 0.05) is 31.4 Å². The van der Waals surface area contributed by atoms with Crippen LogP contribution in [0.4, 0.5) is 5.69 Å². The summed E-state index contributed by atoms with van der Waals surface area (Å²) in [5, 5.41) is 10.8. The zero-order valence-corrected chi connectivity index (χ0v) is 14.3. The van der Waals surface area contributed by atoms with Crippen LogP contribution < -0.4 is 10.2 Å². The van der Waals surface area contributed by atoms with Crippen molar-refractivity contribution in [1.82, 2.24) is 20.1 Å². The van der Waals surface area contributed by atoms with Gasteiger partial charge in [-0.2, -0.15) is 0 Å². The molecule has 0 aliphatic carbocycles. The third-order valence-corrected chi connectivity index (χ3v) is 3.85. The molecule has 124 valence electrons. The summed E-state index contributed by atoms with van der Waals surface area (Å²) in [4.78, 5) is 14.7. The maximum absolute atomic E-state index is 12.4. The van der Waals surface area contributed by atoms with Crippen molar-refractivity contribution in [2.75, 3.05) is 18.0 Å². The number of benzene rings is 1. The molecule has 1 N–H and O–H groups in total. The van der Waals surface area contributed by atoms with E-state index in [0.717, 1.165) is 31.0 Å². The van der Waals surface area contributed by atoms with Crippen LogP contribution >= 0.6 is 0 Å². The van der Waals surface area contributed by atoms with E-state index in [1.54, 1.807) is 10.9 Å². The summed E-state index contributed by atoms with van der Waals surface area (Å²) in [6, 6.07) is 7.54. The highest BCUT2D eigenvalue weighted by atomic mass is 16.1. The average molecular weight is 315 g/mol. The largest absolute Gasteiger partial charge is 0.372 e. The van der Waals surface area contributed by atoms with E-state index >= 15 is 0 Å². The van der Waals surface area contributed by atoms with Crippen molar-refractivity contribution >= 4 is 11.6 Å². The highest BCUT2D eigenvalue weighted by Crippen LogP contribution is 2.16. The number of nitrogens with zero attached hydrogens (tertiary/aromatic N) is 4. The highest BCUT2D eigenvalue weighted by molar-refractivity contribution is 5.94. The quantitative estimate of drug-likeness (QED) is 0.853. The van der Waals surface area contributed by atoms with E-state index in [4.69, 9.17) is 0 Å². The summed E-state index contributed by atoms with van der Waals surface area (Å²) >= 11 is 0. The minimum atomic E-state index is -0.193. The Labute approximate surface area is 137 Å². The smallest absolute Gasteiger partial charge is 0.251 e. The molecule has 0 aliphatic rings. The zero-order valence-electron chi connectivity index (χ0n) is 14.3. The lowest BCUT2D eigenvalue weighted by Gasteiger charge is -2.22. The van der Waals surface area contributed by atoms with Crippen LogP contribution in [-0.2, 0) is 7.05 Å². The van der Waals surface area contributed by atoms with E-state index in [-0.39, 0.29) is 11.9 Å². The number of carbonyl (C=O) groups excluding carboxylic acids is 1. The molecule has 0 aliphatic heterocycles. The Morgan fingerprint density at radius 1 is 1.30 bits per heavy atom. The van der Waals surface area contributed by atoms with Gasteiger partial charge in [0.2, 0.25) is 0 Å². The van der Waals surface area contributed by atoms with E-state index in [1.807, 2.05) is 38.2 Å². The second kappa shape index (κ2) is 7.76. The van der Waals surface area contributed by atoms with E-state index in [0.29, 0.717) is 5.56 Å². The molecule has 23 heavy (non-hydrogen) atoms. The standard InChI is InChI=1S/C17H25N5O/c1-5-11-22(6-2)15-9-7-14(8-10-15)17(23)19-13(3)16-20-18-12-21(16)4/h7-10,12-13H,5-6,11H2,1-4H3,(H,19,23)/t13-/m1/s1. The Morgan fingerprint density at radius 3 is 2.52 bits per heavy atom. The van der Waals surface area contributed by atoms with Gasteiger partial charge >= 0.3 is 0 Å². The van der Waals surface area contributed by atoms with Crippen LogP contribution in [-0.4, -0.2) is 33.8 Å². The van der Waals surface area contributed by atoms with Crippen molar-refractivity contribution in [1.29, 1.82) is 0 Å². The second-order valence-corrected chi connectivity index (χ2v) is 5.62. The van der Waals surface area contributed by atoms with Crippen LogP contribution in [0.2, 0.25) is 0 Å². The molecule has 6 heteroatoms. The number of aromatic nitrogens is 3. The van der Waals surface area contributed by atoms with Gasteiger partial charge < -0.3 is 14.8 Å². The fraction of sp³-hybridized carbons (Fsp3) is 0.471. The molecule has 1 atom stereocenters. The summed E-state index contributed by atoms with van der Waals surface area (Å²) in [5.41, 5.74) is 1.79. The number of carbonyl (C=O) groups is 1. The summed E-state index contributed by atoms with van der Waals surface area (Å²) < 4.78 is 1.80. The van der Waals surface area contributed by atoms with Crippen molar-refractivity contribution in [3.05, 3.63) is 42.0 Å². The van der Waals surface area contributed by atoms with E-state index in [2.05, 4.69) is 34.3 Å². The van der Waals surface area contributed by atoms with Crippen LogP contribution in [0.25, 0.3) is 0 Å². The average Bonchev–Trinajstić information content (AvgIpc) is 2.99. The number of amides is 1. The first kappa shape index (κ1) is 17.0. The Morgan fingerprint density at radius 2 is 2.00 bits per heavy atom. The van der Waals surface area contributed by atoms with Gasteiger partial charge in [-0.25, -0.2) is 0 Å². The number of hydrogen-bond acceptors (Lipinski definition) is 4. The highest BCUT2D eigenvalue weighted by Gasteiger charge is 2.15. The van der Waals surface area contributed by atoms with Gasteiger partial charge in [-0.15, -0.1) is 10.2 Å². The summed E-state index contributed by atoms with van der Waals surface area (Å²) in [5.74, 6) is 0.626. The van der Waals surface area contributed by atoms with Gasteiger partial charge in [-0.1, -0.05) is 6.92 Å². The summed E-state index contributed by atoms with van der Waals surface area (Å²) in [6.45, 7) is 8.18. The van der Waals surface area contributed by atoms with Crippen LogP contribution in [0.3, 0.4) is 0 Å². The van der Waals surface area contributed by atoms with Crippen molar-refractivity contribution in [3.63, 3.8) is 0 Å². The molecular formula is C17H25N5O. The minimum Gasteiger partial charge on any atom is -0.372 e. The van der Waals surface area contributed by atoms with Crippen molar-refractivity contribution in [3.8, 4) is 0 Å². The molecule has 0 spiro atoms. The predicted molar refractivity (Wildman–Crippen MR) is 91.5 cm³/mol. The van der Waals surface area contributed by atoms with Crippen molar-refractivity contribution in [2.45, 2.75) is 33.2 Å². The SMILES string of the molecule is CCCN(CC)c1ccc(C(=O)N[C@H](C)c2nncn2C)cc1. The van der Waals surface area contributed by atoms with E-state index in [1.165, 1.54) is 0 Å². The lowest BCUT2D eigenvalue weighted by atomic mass is 10.1. The number of rotatable bonds is 7. The molecule has 1 aromatic heterocycles. The molecule has 2 rings (SSSR count). The molecule has 0 unspecified atom stereocenters. The molecule has 0 fully saturated rings. The normalized spacial score (nSPS) is 12.0. The van der Waals surface area contributed by atoms with E-state index < -0.39 is 0 Å². The molecule has 0 radical (unpaired) electrons. The lowest BCUT2D eigenvalue weighted by Crippen LogP contribution is -2.28. The Bertz CT molecular complexity index is 635. The fourth-order valence-electron chi connectivity index (χ4n) is 2.59. The van der Waals surface area contributed by atoms with Crippen molar-refractivity contribution < 1.29 is 4.79 Å². The first-order valence-electron chi connectivity index (χ1n) is 8.06. The third-order valence-electron chi connectivity index (χ3n) is 3.85. The molecule has 0 bridgehead atoms. The topological polar surface area (TPSA) is 63.1 Å². The number of aryl methyl sites for hydroxylation is 1. The Balaban J connectivity index is 2.04. The molecule has 2 aromatic rings. The monoisotopic (exact) mass is 315 g/mol. The van der Waals surface area contributed by atoms with Gasteiger partial charge in [-0.05, 0) is 44.5 Å². The molecule has 1 amide bonds. The maximum atomic E-state index is 12.4. The first-order chi connectivity index (χ1) is 11.1. The van der Waals surface area contributed by atoms with Gasteiger partial charge in [-0.3, -0.25) is 4.79 Å². The third kappa shape index (κ3) is 4.09. The van der Waals surface area contributed by atoms with Crippen LogP contribution in [0, 0.1) is 0 Å². The Kier molecular flexibility index (Phi) is 5.73. The summed E-state index contributed by atoms with van der Waals surface area (Å²) in [7, 11) is 1.86. The van der Waals surface area contributed by atoms with Gasteiger partial charge in [0.15, 0.2) is 5.82 Å². The Hall–Kier alpha value is -2.37. The van der Waals surface area contributed by atoms with E-state index in [9.17, 15) is 4.79 Å². The second-order valence-electron chi connectivity index (χ2n) is 5.62. The van der Waals surface area contributed by atoms with Crippen LogP contribution in [0.5, 0.6) is 0 Å². The molecule has 1 heterocycles. The minimum absolute atomic E-state index is 0.106. The fourth-order valence-corrected chi connectivity index (χ4v) is 2.59. The van der Waals surface area contributed by atoms with Crippen LogP contribution in [0.15, 0.2) is 30.6 Å². The van der Waals surface area contributed by atoms with Crippen LogP contribution in [0.1, 0.15) is 49.4 Å². The number of anilines is 1. The van der Waals surface area contributed by atoms with Gasteiger partial charge in [0.1, 0.15) is 6.33 Å². The molecule has 0 saturated carbocycles. The molecule has 6 nitrogen and oxygen atoms in total. The number of nitrogens with one attached hydrogen (secondary N) is 1. The lowest BCUT2D eigenvalue weighted by molar-refractivity contribution is 0.0938. The molecule has 1 aromatic carbocycles. The molecule has 0 saturated heterocycles. The predicted octanol–water partition coefficient (Wildman–Crippen LogP) is 2.54. The van der Waals surface area contributed by atoms with Gasteiger partial charge in [0.25, 0.3) is 5.91 Å². The number of hydrogen-bond donors (Lipinski definition) is 1.